The second kappa shape index (κ2) is 9.83. The molecule has 1 rings (SSSR count). The molecule has 0 aliphatic rings. The van der Waals surface area contributed by atoms with E-state index in [1.54, 1.807) is 18.4 Å². The molecule has 0 atom stereocenters. The Morgan fingerprint density at radius 2 is 2.15 bits per heavy atom. The van der Waals surface area contributed by atoms with Crippen LogP contribution in [-0.2, 0) is 6.42 Å². The molecule has 1 aromatic heterocycles. The molecule has 1 aromatic rings. The average molecular weight is 313 g/mol. The third-order valence-corrected chi connectivity index (χ3v) is 4.80. The zero-order valence-electron chi connectivity index (χ0n) is 12.5. The zero-order chi connectivity index (χ0) is 14.8. The Morgan fingerprint density at radius 1 is 1.40 bits per heavy atom. The fourth-order valence-electron chi connectivity index (χ4n) is 1.56. The number of rotatable bonds is 8. The number of thiazole rings is 1. The van der Waals surface area contributed by atoms with Gasteiger partial charge in [-0.15, -0.1) is 17.9 Å². The number of guanidine groups is 1. The van der Waals surface area contributed by atoms with Gasteiger partial charge >= 0.3 is 0 Å². The van der Waals surface area contributed by atoms with E-state index in [1.807, 2.05) is 17.8 Å². The monoisotopic (exact) mass is 312 g/mol. The first-order valence-corrected chi connectivity index (χ1v) is 8.70. The summed E-state index contributed by atoms with van der Waals surface area (Å²) in [6.07, 6.45) is 2.86. The van der Waals surface area contributed by atoms with Gasteiger partial charge in [0.2, 0.25) is 0 Å². The van der Waals surface area contributed by atoms with E-state index >= 15 is 0 Å². The van der Waals surface area contributed by atoms with Crippen molar-refractivity contribution in [3.05, 3.63) is 28.2 Å². The minimum Gasteiger partial charge on any atom is -0.356 e. The summed E-state index contributed by atoms with van der Waals surface area (Å²) in [5.74, 6) is 2.91. The van der Waals surface area contributed by atoms with E-state index in [-0.39, 0.29) is 0 Å². The van der Waals surface area contributed by atoms with Crippen LogP contribution in [0.3, 0.4) is 0 Å². The lowest BCUT2D eigenvalue weighted by Gasteiger charge is -2.10. The average Bonchev–Trinajstić information content (AvgIpc) is 2.75. The van der Waals surface area contributed by atoms with Crippen LogP contribution in [0.4, 0.5) is 0 Å². The number of hydrogen-bond donors (Lipinski definition) is 2. The zero-order valence-corrected chi connectivity index (χ0v) is 14.2. The summed E-state index contributed by atoms with van der Waals surface area (Å²) in [5, 5.41) is 7.80. The maximum absolute atomic E-state index is 4.53. The Kier molecular flexibility index (Phi) is 8.37. The third kappa shape index (κ3) is 6.43. The molecule has 2 N–H and O–H groups in total. The summed E-state index contributed by atoms with van der Waals surface area (Å²) in [6.45, 7) is 9.64. The van der Waals surface area contributed by atoms with Gasteiger partial charge in [0.1, 0.15) is 0 Å². The minimum absolute atomic E-state index is 0.853. The van der Waals surface area contributed by atoms with E-state index in [2.05, 4.69) is 41.0 Å². The fraction of sp³-hybridized carbons (Fsp3) is 0.571. The number of aryl methyl sites for hydroxylation is 2. The summed E-state index contributed by atoms with van der Waals surface area (Å²) in [4.78, 5) is 10.0. The van der Waals surface area contributed by atoms with Crippen LogP contribution >= 0.6 is 23.1 Å². The van der Waals surface area contributed by atoms with E-state index in [1.165, 1.54) is 9.88 Å². The summed E-state index contributed by atoms with van der Waals surface area (Å²) < 4.78 is 0. The van der Waals surface area contributed by atoms with Gasteiger partial charge in [-0.3, -0.25) is 4.99 Å². The van der Waals surface area contributed by atoms with Gasteiger partial charge in [0, 0.05) is 42.9 Å². The molecule has 0 aliphatic carbocycles. The second-order valence-corrected chi connectivity index (χ2v) is 6.73. The van der Waals surface area contributed by atoms with Crippen molar-refractivity contribution < 1.29 is 0 Å². The molecule has 4 nitrogen and oxygen atoms in total. The fourth-order valence-corrected chi connectivity index (χ4v) is 3.08. The van der Waals surface area contributed by atoms with Crippen LogP contribution in [0.25, 0.3) is 0 Å². The first kappa shape index (κ1) is 17.0. The lowest BCUT2D eigenvalue weighted by atomic mass is 10.4. The molecule has 0 radical (unpaired) electrons. The number of nitrogens with one attached hydrogen (secondary N) is 2. The van der Waals surface area contributed by atoms with E-state index < -0.39 is 0 Å². The molecule has 0 aliphatic heterocycles. The van der Waals surface area contributed by atoms with Gasteiger partial charge in [-0.2, -0.15) is 11.8 Å². The van der Waals surface area contributed by atoms with E-state index in [4.69, 9.17) is 0 Å². The maximum atomic E-state index is 4.53. The molecule has 6 heteroatoms. The molecule has 0 saturated heterocycles. The van der Waals surface area contributed by atoms with Crippen molar-refractivity contribution in [1.29, 1.82) is 0 Å². The van der Waals surface area contributed by atoms with Crippen LogP contribution in [0.5, 0.6) is 0 Å². The van der Waals surface area contributed by atoms with Gasteiger partial charge in [0.25, 0.3) is 0 Å². The molecule has 0 unspecified atom stereocenters. The highest BCUT2D eigenvalue weighted by molar-refractivity contribution is 7.99. The van der Waals surface area contributed by atoms with Crippen LogP contribution in [0.2, 0.25) is 0 Å². The smallest absolute Gasteiger partial charge is 0.191 e. The van der Waals surface area contributed by atoms with Gasteiger partial charge in [-0.25, -0.2) is 4.98 Å². The minimum atomic E-state index is 0.853. The second-order valence-electron chi connectivity index (χ2n) is 4.29. The molecular weight excluding hydrogens is 288 g/mol. The van der Waals surface area contributed by atoms with Gasteiger partial charge in [0.15, 0.2) is 5.96 Å². The molecule has 112 valence electrons. The number of hydrogen-bond acceptors (Lipinski definition) is 4. The lowest BCUT2D eigenvalue weighted by Crippen LogP contribution is -2.39. The van der Waals surface area contributed by atoms with Crippen molar-refractivity contribution in [2.45, 2.75) is 20.3 Å². The highest BCUT2D eigenvalue weighted by Gasteiger charge is 2.03. The van der Waals surface area contributed by atoms with E-state index in [0.717, 1.165) is 42.7 Å². The third-order valence-electron chi connectivity index (χ3n) is 2.70. The molecule has 0 aromatic carbocycles. The molecule has 1 heterocycles. The largest absolute Gasteiger partial charge is 0.356 e. The van der Waals surface area contributed by atoms with Crippen molar-refractivity contribution in [3.63, 3.8) is 0 Å². The molecule has 0 saturated carbocycles. The number of aromatic nitrogens is 1. The molecular formula is C14H24N4S2. The van der Waals surface area contributed by atoms with Crippen LogP contribution in [0, 0.1) is 13.8 Å². The Bertz CT molecular complexity index is 421. The quantitative estimate of drug-likeness (QED) is 0.335. The summed E-state index contributed by atoms with van der Waals surface area (Å²) >= 11 is 3.64. The van der Waals surface area contributed by atoms with E-state index in [9.17, 15) is 0 Å². The Balaban J connectivity index is 2.19. The topological polar surface area (TPSA) is 49.3 Å². The first-order chi connectivity index (χ1) is 9.67. The van der Waals surface area contributed by atoms with Crippen LogP contribution in [0.15, 0.2) is 17.6 Å². The standard InChI is InChI=1S/C14H24N4S2/c1-5-9-19-10-8-17-14(15-4)16-7-6-13-18-11(2)12(3)20-13/h5H,1,6-10H2,2-4H3,(H2,15,16,17). The van der Waals surface area contributed by atoms with Gasteiger partial charge in [0.05, 0.1) is 10.7 Å². The van der Waals surface area contributed by atoms with Crippen molar-refractivity contribution in [2.75, 3.05) is 31.6 Å². The summed E-state index contributed by atoms with van der Waals surface area (Å²) in [6, 6.07) is 0. The predicted octanol–water partition coefficient (Wildman–Crippen LogP) is 2.39. The number of aliphatic imine (C=N–C) groups is 1. The van der Waals surface area contributed by atoms with Gasteiger partial charge in [-0.05, 0) is 13.8 Å². The van der Waals surface area contributed by atoms with Crippen molar-refractivity contribution in [1.82, 2.24) is 15.6 Å². The predicted molar refractivity (Wildman–Crippen MR) is 92.2 cm³/mol. The summed E-state index contributed by atoms with van der Waals surface area (Å²) in [7, 11) is 1.80. The van der Waals surface area contributed by atoms with Crippen LogP contribution < -0.4 is 10.6 Å². The van der Waals surface area contributed by atoms with Gasteiger partial charge < -0.3 is 10.6 Å². The molecule has 0 bridgehead atoms. The van der Waals surface area contributed by atoms with Crippen LogP contribution in [0.1, 0.15) is 15.6 Å². The number of nitrogens with zero attached hydrogens (tertiary/aromatic N) is 2. The maximum Gasteiger partial charge on any atom is 0.191 e. The SMILES string of the molecule is C=CCSCCNC(=NC)NCCc1nc(C)c(C)s1. The normalized spacial score (nSPS) is 11.4. The number of thioether (sulfide) groups is 1. The van der Waals surface area contributed by atoms with Crippen molar-refractivity contribution in [3.8, 4) is 0 Å². The van der Waals surface area contributed by atoms with Gasteiger partial charge in [-0.1, -0.05) is 6.08 Å². The van der Waals surface area contributed by atoms with Crippen molar-refractivity contribution >= 4 is 29.1 Å². The van der Waals surface area contributed by atoms with Crippen LogP contribution in [-0.4, -0.2) is 42.6 Å². The first-order valence-electron chi connectivity index (χ1n) is 6.73. The lowest BCUT2D eigenvalue weighted by molar-refractivity contribution is 0.807. The molecule has 0 fully saturated rings. The Morgan fingerprint density at radius 3 is 2.75 bits per heavy atom. The molecule has 20 heavy (non-hydrogen) atoms. The molecule has 0 spiro atoms. The van der Waals surface area contributed by atoms with Crippen molar-refractivity contribution in [2.24, 2.45) is 4.99 Å². The highest BCUT2D eigenvalue weighted by atomic mass is 32.2. The molecule has 0 amide bonds. The Hall–Kier alpha value is -1.01. The Labute approximate surface area is 130 Å². The highest BCUT2D eigenvalue weighted by Crippen LogP contribution is 2.16. The van der Waals surface area contributed by atoms with E-state index in [0.29, 0.717) is 0 Å². The summed E-state index contributed by atoms with van der Waals surface area (Å²) in [5.41, 5.74) is 1.15.